The minimum Gasteiger partial charge on any atom is -0.306 e. The Morgan fingerprint density at radius 2 is 1.71 bits per heavy atom. The van der Waals surface area contributed by atoms with E-state index in [2.05, 4.69) is 4.98 Å². The molecule has 0 amide bonds. The summed E-state index contributed by atoms with van der Waals surface area (Å²) in [5.74, 6) is 0. The summed E-state index contributed by atoms with van der Waals surface area (Å²) in [6, 6.07) is 10.1. The molecule has 0 unspecified atom stereocenters. The van der Waals surface area contributed by atoms with E-state index in [9.17, 15) is 9.59 Å². The zero-order valence-corrected chi connectivity index (χ0v) is 12.5. The second-order valence-corrected chi connectivity index (χ2v) is 5.56. The summed E-state index contributed by atoms with van der Waals surface area (Å²) in [5.41, 5.74) is 0.841. The molecule has 2 aromatic carbocycles. The first-order valence-electron chi connectivity index (χ1n) is 6.18. The van der Waals surface area contributed by atoms with Gasteiger partial charge in [0, 0.05) is 5.02 Å². The third-order valence-corrected chi connectivity index (χ3v) is 3.73. The third-order valence-electron chi connectivity index (χ3n) is 3.21. The number of benzene rings is 2. The fourth-order valence-corrected chi connectivity index (χ4v) is 2.77. The standard InChI is InChI=1S/C15H10Cl2N2O2/c1-8-2-4-10(5-3-8)19-14(20)13-11(17)6-9(16)7-12(13)18-15(19)21/h2-7H,1H3,(H,18,21). The largest absolute Gasteiger partial charge is 0.333 e. The number of hydrogen-bond donors (Lipinski definition) is 1. The molecule has 1 heterocycles. The first kappa shape index (κ1) is 13.9. The smallest absolute Gasteiger partial charge is 0.306 e. The molecule has 3 rings (SSSR count). The SMILES string of the molecule is Cc1ccc(-n2c(=O)[nH]c3cc(Cl)cc(Cl)c3c2=O)cc1. The van der Waals surface area contributed by atoms with Crippen LogP contribution in [0.3, 0.4) is 0 Å². The van der Waals surface area contributed by atoms with Crippen molar-refractivity contribution in [1.82, 2.24) is 9.55 Å². The lowest BCUT2D eigenvalue weighted by atomic mass is 10.2. The van der Waals surface area contributed by atoms with E-state index in [0.29, 0.717) is 16.2 Å². The summed E-state index contributed by atoms with van der Waals surface area (Å²) in [6.07, 6.45) is 0. The van der Waals surface area contributed by atoms with Gasteiger partial charge in [0.2, 0.25) is 0 Å². The Kier molecular flexibility index (Phi) is 3.35. The quantitative estimate of drug-likeness (QED) is 0.748. The van der Waals surface area contributed by atoms with E-state index < -0.39 is 11.2 Å². The number of aryl methyl sites for hydroxylation is 1. The second kappa shape index (κ2) is 5.06. The Bertz CT molecular complexity index is 956. The number of rotatable bonds is 1. The summed E-state index contributed by atoms with van der Waals surface area (Å²) in [6.45, 7) is 1.93. The Hall–Kier alpha value is -2.04. The molecule has 0 radical (unpaired) electrons. The van der Waals surface area contributed by atoms with Crippen LogP contribution in [0, 0.1) is 6.92 Å². The molecule has 4 nitrogen and oxygen atoms in total. The van der Waals surface area contributed by atoms with Crippen molar-refractivity contribution < 1.29 is 0 Å². The van der Waals surface area contributed by atoms with E-state index in [0.717, 1.165) is 10.1 Å². The van der Waals surface area contributed by atoms with Gasteiger partial charge < -0.3 is 4.98 Å². The third kappa shape index (κ3) is 2.37. The normalized spacial score (nSPS) is 11.0. The number of aromatic amines is 1. The van der Waals surface area contributed by atoms with Crippen LogP contribution in [-0.2, 0) is 0 Å². The van der Waals surface area contributed by atoms with E-state index in [-0.39, 0.29) is 10.4 Å². The van der Waals surface area contributed by atoms with Crippen LogP contribution in [0.1, 0.15) is 5.56 Å². The Morgan fingerprint density at radius 1 is 1.05 bits per heavy atom. The van der Waals surface area contributed by atoms with Gasteiger partial charge in [0.05, 0.1) is 21.6 Å². The van der Waals surface area contributed by atoms with E-state index in [1.54, 1.807) is 12.1 Å². The molecule has 3 aromatic rings. The molecule has 1 aromatic heterocycles. The summed E-state index contributed by atoms with van der Waals surface area (Å²) < 4.78 is 1.06. The molecule has 0 aliphatic rings. The maximum absolute atomic E-state index is 12.6. The van der Waals surface area contributed by atoms with Crippen LogP contribution >= 0.6 is 23.2 Å². The maximum Gasteiger partial charge on any atom is 0.333 e. The lowest BCUT2D eigenvalue weighted by Gasteiger charge is -2.08. The number of nitrogens with one attached hydrogen (secondary N) is 1. The first-order chi connectivity index (χ1) is 9.97. The lowest BCUT2D eigenvalue weighted by molar-refractivity contribution is 0.901. The highest BCUT2D eigenvalue weighted by Crippen LogP contribution is 2.23. The second-order valence-electron chi connectivity index (χ2n) is 4.72. The highest BCUT2D eigenvalue weighted by molar-refractivity contribution is 6.38. The molecule has 0 atom stereocenters. The minimum atomic E-state index is -0.533. The Labute approximate surface area is 129 Å². The number of fused-ring (bicyclic) bond motifs is 1. The molecule has 0 saturated heterocycles. The van der Waals surface area contributed by atoms with Crippen molar-refractivity contribution in [3.8, 4) is 5.69 Å². The van der Waals surface area contributed by atoms with Crippen LogP contribution in [0.4, 0.5) is 0 Å². The molecule has 0 aliphatic heterocycles. The average molecular weight is 321 g/mol. The summed E-state index contributed by atoms with van der Waals surface area (Å²) in [4.78, 5) is 27.4. The van der Waals surface area contributed by atoms with Crippen LogP contribution in [0.2, 0.25) is 10.0 Å². The molecular formula is C15H10Cl2N2O2. The van der Waals surface area contributed by atoms with Crippen molar-refractivity contribution >= 4 is 34.1 Å². The minimum absolute atomic E-state index is 0.208. The van der Waals surface area contributed by atoms with Gasteiger partial charge in [-0.1, -0.05) is 40.9 Å². The van der Waals surface area contributed by atoms with Gasteiger partial charge in [-0.15, -0.1) is 0 Å². The fraction of sp³-hybridized carbons (Fsp3) is 0.0667. The van der Waals surface area contributed by atoms with Crippen LogP contribution in [0.25, 0.3) is 16.6 Å². The van der Waals surface area contributed by atoms with Crippen molar-refractivity contribution in [3.63, 3.8) is 0 Å². The van der Waals surface area contributed by atoms with E-state index in [4.69, 9.17) is 23.2 Å². The Morgan fingerprint density at radius 3 is 2.38 bits per heavy atom. The molecule has 6 heteroatoms. The van der Waals surface area contributed by atoms with Gasteiger partial charge in [-0.3, -0.25) is 4.79 Å². The molecule has 1 N–H and O–H groups in total. The molecule has 21 heavy (non-hydrogen) atoms. The van der Waals surface area contributed by atoms with Crippen molar-refractivity contribution in [2.45, 2.75) is 6.92 Å². The van der Waals surface area contributed by atoms with Gasteiger partial charge >= 0.3 is 5.69 Å². The number of H-pyrrole nitrogens is 1. The zero-order valence-electron chi connectivity index (χ0n) is 11.0. The molecule has 106 valence electrons. The van der Waals surface area contributed by atoms with Gasteiger partial charge in [0.25, 0.3) is 5.56 Å². The Balaban J connectivity index is 2.42. The molecular weight excluding hydrogens is 311 g/mol. The zero-order chi connectivity index (χ0) is 15.1. The van der Waals surface area contributed by atoms with E-state index in [1.165, 1.54) is 12.1 Å². The van der Waals surface area contributed by atoms with Gasteiger partial charge in [-0.25, -0.2) is 9.36 Å². The highest BCUT2D eigenvalue weighted by atomic mass is 35.5. The number of nitrogens with zero attached hydrogens (tertiary/aromatic N) is 1. The number of hydrogen-bond acceptors (Lipinski definition) is 2. The van der Waals surface area contributed by atoms with Crippen molar-refractivity contribution in [1.29, 1.82) is 0 Å². The van der Waals surface area contributed by atoms with Crippen LogP contribution in [-0.4, -0.2) is 9.55 Å². The molecule has 0 spiro atoms. The van der Waals surface area contributed by atoms with Gasteiger partial charge in [0.15, 0.2) is 0 Å². The summed E-state index contributed by atoms with van der Waals surface area (Å²) >= 11 is 12.0. The van der Waals surface area contributed by atoms with Gasteiger partial charge in [0.1, 0.15) is 0 Å². The van der Waals surface area contributed by atoms with Gasteiger partial charge in [-0.05, 0) is 31.2 Å². The first-order valence-corrected chi connectivity index (χ1v) is 6.94. The van der Waals surface area contributed by atoms with Crippen molar-refractivity contribution in [2.24, 2.45) is 0 Å². The molecule has 0 aliphatic carbocycles. The predicted molar refractivity (Wildman–Crippen MR) is 84.9 cm³/mol. The topological polar surface area (TPSA) is 54.9 Å². The fourth-order valence-electron chi connectivity index (χ4n) is 2.19. The van der Waals surface area contributed by atoms with E-state index >= 15 is 0 Å². The van der Waals surface area contributed by atoms with Crippen molar-refractivity contribution in [2.75, 3.05) is 0 Å². The summed E-state index contributed by atoms with van der Waals surface area (Å²) in [7, 11) is 0. The van der Waals surface area contributed by atoms with Crippen LogP contribution in [0.5, 0.6) is 0 Å². The number of halogens is 2. The predicted octanol–water partition coefficient (Wildman–Crippen LogP) is 3.29. The lowest BCUT2D eigenvalue weighted by Crippen LogP contribution is -2.33. The van der Waals surface area contributed by atoms with E-state index in [1.807, 2.05) is 19.1 Å². The summed E-state index contributed by atoms with van der Waals surface area (Å²) in [5, 5.41) is 0.802. The van der Waals surface area contributed by atoms with Crippen LogP contribution < -0.4 is 11.2 Å². The monoisotopic (exact) mass is 320 g/mol. The maximum atomic E-state index is 12.6. The average Bonchev–Trinajstić information content (AvgIpc) is 2.39. The van der Waals surface area contributed by atoms with Crippen LogP contribution in [0.15, 0.2) is 46.0 Å². The van der Waals surface area contributed by atoms with Crippen molar-refractivity contribution in [3.05, 3.63) is 72.8 Å². The van der Waals surface area contributed by atoms with Gasteiger partial charge in [-0.2, -0.15) is 0 Å². The molecule has 0 saturated carbocycles. The molecule has 0 bridgehead atoms. The number of aromatic nitrogens is 2. The molecule has 0 fully saturated rings. The highest BCUT2D eigenvalue weighted by Gasteiger charge is 2.13.